The van der Waals surface area contributed by atoms with Crippen LogP contribution in [0.3, 0.4) is 0 Å². The van der Waals surface area contributed by atoms with Crippen molar-refractivity contribution in [3.63, 3.8) is 0 Å². The van der Waals surface area contributed by atoms with Crippen LogP contribution in [0.1, 0.15) is 5.56 Å². The average molecular weight is 201 g/mol. The summed E-state index contributed by atoms with van der Waals surface area (Å²) in [6.45, 7) is 0. The van der Waals surface area contributed by atoms with Crippen LogP contribution in [0, 0.1) is 0 Å². The molecular weight excluding hydrogens is 192 g/mol. The highest BCUT2D eigenvalue weighted by Crippen LogP contribution is 2.17. The van der Waals surface area contributed by atoms with Crippen molar-refractivity contribution in [1.82, 2.24) is 5.32 Å². The number of halogens is 1. The summed E-state index contributed by atoms with van der Waals surface area (Å²) in [6, 6.07) is 5.24. The molecule has 0 atom stereocenters. The largest absolute Gasteiger partial charge is 0.398 e. The smallest absolute Gasteiger partial charge is 0.108 e. The van der Waals surface area contributed by atoms with E-state index >= 15 is 0 Å². The number of hydrogen-bond donors (Lipinski definition) is 2. The molecule has 3 N–H and O–H groups in total. The zero-order valence-electron chi connectivity index (χ0n) is 6.60. The lowest BCUT2D eigenvalue weighted by molar-refractivity contribution is 1.20. The second kappa shape index (κ2) is 3.74. The van der Waals surface area contributed by atoms with Crippen LogP contribution in [0.15, 0.2) is 18.2 Å². The van der Waals surface area contributed by atoms with Crippen molar-refractivity contribution in [2.24, 2.45) is 0 Å². The Morgan fingerprint density at radius 2 is 2.25 bits per heavy atom. The molecule has 0 spiro atoms. The lowest BCUT2D eigenvalue weighted by Crippen LogP contribution is -2.17. The molecule has 12 heavy (non-hydrogen) atoms. The molecule has 0 aliphatic rings. The number of anilines is 1. The molecule has 0 amide bonds. The fourth-order valence-electron chi connectivity index (χ4n) is 0.875. The van der Waals surface area contributed by atoms with Gasteiger partial charge in [0.05, 0.1) is 0 Å². The third kappa shape index (κ3) is 1.87. The molecule has 0 aliphatic carbocycles. The number of benzene rings is 1. The van der Waals surface area contributed by atoms with Crippen molar-refractivity contribution in [3.8, 4) is 0 Å². The maximum absolute atomic E-state index is 5.72. The summed E-state index contributed by atoms with van der Waals surface area (Å²) in [4.78, 5) is 0.629. The minimum Gasteiger partial charge on any atom is -0.398 e. The van der Waals surface area contributed by atoms with E-state index in [4.69, 9.17) is 29.6 Å². The van der Waals surface area contributed by atoms with Gasteiger partial charge in [0.15, 0.2) is 0 Å². The second-order valence-electron chi connectivity index (χ2n) is 2.31. The van der Waals surface area contributed by atoms with Gasteiger partial charge >= 0.3 is 0 Å². The molecule has 0 aromatic heterocycles. The minimum absolute atomic E-state index is 0.599. The molecule has 0 unspecified atom stereocenters. The molecule has 4 heteroatoms. The molecule has 0 radical (unpaired) electrons. The van der Waals surface area contributed by atoms with E-state index in [1.54, 1.807) is 25.2 Å². The predicted octanol–water partition coefficient (Wildman–Crippen LogP) is 1.82. The SMILES string of the molecule is CNC(=S)c1ccc(Cl)cc1N. The van der Waals surface area contributed by atoms with Crippen molar-refractivity contribution in [2.45, 2.75) is 0 Å². The molecule has 0 saturated carbocycles. The Morgan fingerprint density at radius 3 is 2.75 bits per heavy atom. The monoisotopic (exact) mass is 200 g/mol. The van der Waals surface area contributed by atoms with Crippen molar-refractivity contribution in [1.29, 1.82) is 0 Å². The first-order valence-electron chi connectivity index (χ1n) is 3.42. The maximum Gasteiger partial charge on any atom is 0.108 e. The van der Waals surface area contributed by atoms with Crippen LogP contribution in [0.5, 0.6) is 0 Å². The Kier molecular flexibility index (Phi) is 2.89. The van der Waals surface area contributed by atoms with Crippen LogP contribution in [0.4, 0.5) is 5.69 Å². The average Bonchev–Trinajstić information content (AvgIpc) is 2.03. The highest BCUT2D eigenvalue weighted by molar-refractivity contribution is 7.80. The lowest BCUT2D eigenvalue weighted by Gasteiger charge is -2.06. The Bertz CT molecular complexity index is 312. The van der Waals surface area contributed by atoms with E-state index in [0.29, 0.717) is 15.7 Å². The van der Waals surface area contributed by atoms with Gasteiger partial charge < -0.3 is 11.1 Å². The summed E-state index contributed by atoms with van der Waals surface area (Å²) in [5.74, 6) is 0. The first kappa shape index (κ1) is 9.29. The van der Waals surface area contributed by atoms with Crippen LogP contribution in [-0.4, -0.2) is 12.0 Å². The zero-order valence-corrected chi connectivity index (χ0v) is 8.17. The summed E-state index contributed by atoms with van der Waals surface area (Å²) in [7, 11) is 1.76. The van der Waals surface area contributed by atoms with Gasteiger partial charge in [0.25, 0.3) is 0 Å². The first-order chi connectivity index (χ1) is 5.65. The van der Waals surface area contributed by atoms with Crippen LogP contribution >= 0.6 is 23.8 Å². The molecule has 0 fully saturated rings. The first-order valence-corrected chi connectivity index (χ1v) is 4.21. The summed E-state index contributed by atoms with van der Waals surface area (Å²) < 4.78 is 0. The summed E-state index contributed by atoms with van der Waals surface area (Å²) >= 11 is 10.7. The molecule has 0 heterocycles. The molecular formula is C8H9ClN2S. The quantitative estimate of drug-likeness (QED) is 0.537. The number of nitrogens with one attached hydrogen (secondary N) is 1. The molecule has 64 valence electrons. The summed E-state index contributed by atoms with van der Waals surface area (Å²) in [5.41, 5.74) is 7.10. The molecule has 1 rings (SSSR count). The van der Waals surface area contributed by atoms with Gasteiger partial charge in [-0.25, -0.2) is 0 Å². The molecule has 1 aromatic carbocycles. The third-order valence-corrected chi connectivity index (χ3v) is 2.14. The van der Waals surface area contributed by atoms with Gasteiger partial charge in [-0.2, -0.15) is 0 Å². The normalized spacial score (nSPS) is 9.50. The minimum atomic E-state index is 0.599. The highest BCUT2D eigenvalue weighted by Gasteiger charge is 2.03. The van der Waals surface area contributed by atoms with E-state index in [9.17, 15) is 0 Å². The van der Waals surface area contributed by atoms with E-state index in [0.717, 1.165) is 5.56 Å². The van der Waals surface area contributed by atoms with E-state index in [1.807, 2.05) is 0 Å². The molecule has 2 nitrogen and oxygen atoms in total. The fourth-order valence-corrected chi connectivity index (χ4v) is 1.24. The molecule has 0 bridgehead atoms. The molecule has 0 aliphatic heterocycles. The number of thiocarbonyl (C=S) groups is 1. The number of nitrogen functional groups attached to an aromatic ring is 1. The Morgan fingerprint density at radius 1 is 1.58 bits per heavy atom. The standard InChI is InChI=1S/C8H9ClN2S/c1-11-8(12)6-3-2-5(9)4-7(6)10/h2-4H,10H2,1H3,(H,11,12). The maximum atomic E-state index is 5.72. The van der Waals surface area contributed by atoms with Crippen LogP contribution < -0.4 is 11.1 Å². The van der Waals surface area contributed by atoms with Crippen molar-refractivity contribution >= 4 is 34.5 Å². The zero-order chi connectivity index (χ0) is 9.14. The van der Waals surface area contributed by atoms with Gasteiger partial charge in [-0.1, -0.05) is 23.8 Å². The summed E-state index contributed by atoms with van der Waals surface area (Å²) in [6.07, 6.45) is 0. The topological polar surface area (TPSA) is 38.0 Å². The third-order valence-electron chi connectivity index (χ3n) is 1.49. The Hall–Kier alpha value is -0.800. The number of hydrogen-bond acceptors (Lipinski definition) is 2. The van der Waals surface area contributed by atoms with Gasteiger partial charge in [-0.3, -0.25) is 0 Å². The predicted molar refractivity (Wildman–Crippen MR) is 56.6 cm³/mol. The summed E-state index contributed by atoms with van der Waals surface area (Å²) in [5, 5.41) is 3.47. The lowest BCUT2D eigenvalue weighted by atomic mass is 10.2. The Labute approximate surface area is 81.7 Å². The van der Waals surface area contributed by atoms with E-state index < -0.39 is 0 Å². The van der Waals surface area contributed by atoms with Gasteiger partial charge in [0.1, 0.15) is 4.99 Å². The van der Waals surface area contributed by atoms with Gasteiger partial charge in [-0.05, 0) is 18.2 Å². The van der Waals surface area contributed by atoms with E-state index in [1.165, 1.54) is 0 Å². The van der Waals surface area contributed by atoms with Crippen molar-refractivity contribution < 1.29 is 0 Å². The highest BCUT2D eigenvalue weighted by atomic mass is 35.5. The van der Waals surface area contributed by atoms with E-state index in [-0.39, 0.29) is 0 Å². The van der Waals surface area contributed by atoms with Gasteiger partial charge in [0, 0.05) is 23.3 Å². The fraction of sp³-hybridized carbons (Fsp3) is 0.125. The second-order valence-corrected chi connectivity index (χ2v) is 3.16. The molecule has 1 aromatic rings. The van der Waals surface area contributed by atoms with Gasteiger partial charge in [-0.15, -0.1) is 0 Å². The van der Waals surface area contributed by atoms with Crippen LogP contribution in [-0.2, 0) is 0 Å². The van der Waals surface area contributed by atoms with Gasteiger partial charge in [0.2, 0.25) is 0 Å². The number of rotatable bonds is 1. The number of nitrogens with two attached hydrogens (primary N) is 1. The van der Waals surface area contributed by atoms with Crippen molar-refractivity contribution in [3.05, 3.63) is 28.8 Å². The van der Waals surface area contributed by atoms with Crippen LogP contribution in [0.25, 0.3) is 0 Å². The van der Waals surface area contributed by atoms with Crippen LogP contribution in [0.2, 0.25) is 5.02 Å². The van der Waals surface area contributed by atoms with E-state index in [2.05, 4.69) is 5.32 Å². The van der Waals surface area contributed by atoms with Crippen molar-refractivity contribution in [2.75, 3.05) is 12.8 Å². The Balaban J connectivity index is 3.09. The molecule has 0 saturated heterocycles.